The van der Waals surface area contributed by atoms with Gasteiger partial charge in [-0.2, -0.15) is 5.10 Å². The summed E-state index contributed by atoms with van der Waals surface area (Å²) in [5.74, 6) is 0.134. The molecule has 8 nitrogen and oxygen atoms in total. The monoisotopic (exact) mass is 363 g/mol. The fraction of sp³-hybridized carbons (Fsp3) is 0.722. The highest BCUT2D eigenvalue weighted by Crippen LogP contribution is 2.26. The molecule has 0 saturated carbocycles. The number of fused-ring (bicyclic) bond motifs is 1. The van der Waals surface area contributed by atoms with Crippen LogP contribution in [0.25, 0.3) is 0 Å². The van der Waals surface area contributed by atoms with Crippen molar-refractivity contribution in [1.82, 2.24) is 24.9 Å². The van der Waals surface area contributed by atoms with Gasteiger partial charge in [-0.25, -0.2) is 4.79 Å². The molecule has 1 N–H and O–H groups in total. The quantitative estimate of drug-likeness (QED) is 0.869. The molecule has 3 amide bonds. The zero-order valence-electron chi connectivity index (χ0n) is 15.9. The summed E-state index contributed by atoms with van der Waals surface area (Å²) in [6.45, 7) is 7.57. The molecule has 3 rings (SSSR count). The average Bonchev–Trinajstić information content (AvgIpc) is 2.84. The third kappa shape index (κ3) is 3.85. The maximum Gasteiger partial charge on any atom is 0.317 e. The molecular weight excluding hydrogens is 334 g/mol. The second-order valence-electron chi connectivity index (χ2n) is 7.16. The normalized spacial score (nSPS) is 23.3. The third-order valence-corrected chi connectivity index (χ3v) is 5.20. The lowest BCUT2D eigenvalue weighted by atomic mass is 9.91. The van der Waals surface area contributed by atoms with E-state index in [0.717, 1.165) is 18.5 Å². The number of hydrogen-bond acceptors (Lipinski definition) is 4. The van der Waals surface area contributed by atoms with Crippen LogP contribution in [0.1, 0.15) is 35.9 Å². The largest absolute Gasteiger partial charge is 0.379 e. The molecule has 2 saturated heterocycles. The Labute approximate surface area is 154 Å². The van der Waals surface area contributed by atoms with Crippen molar-refractivity contribution in [3.05, 3.63) is 17.5 Å². The molecule has 2 aliphatic rings. The van der Waals surface area contributed by atoms with Gasteiger partial charge in [-0.05, 0) is 25.8 Å². The predicted octanol–water partition coefficient (Wildman–Crippen LogP) is 1.01. The van der Waals surface area contributed by atoms with Crippen molar-refractivity contribution in [2.24, 2.45) is 13.0 Å². The second kappa shape index (κ2) is 8.07. The Hall–Kier alpha value is -2.09. The Morgan fingerprint density at radius 2 is 2.19 bits per heavy atom. The topological polar surface area (TPSA) is 79.7 Å². The van der Waals surface area contributed by atoms with Gasteiger partial charge in [-0.15, -0.1) is 0 Å². The van der Waals surface area contributed by atoms with E-state index in [9.17, 15) is 9.59 Å². The average molecular weight is 363 g/mol. The van der Waals surface area contributed by atoms with E-state index in [2.05, 4.69) is 10.4 Å². The number of amides is 3. The fourth-order valence-electron chi connectivity index (χ4n) is 3.90. The molecule has 2 atom stereocenters. The van der Waals surface area contributed by atoms with Gasteiger partial charge in [0, 0.05) is 45.2 Å². The number of hydrogen-bond donors (Lipinski definition) is 1. The molecule has 1 aromatic heterocycles. The third-order valence-electron chi connectivity index (χ3n) is 5.20. The molecule has 0 bridgehead atoms. The van der Waals surface area contributed by atoms with Crippen LogP contribution in [0.5, 0.6) is 0 Å². The summed E-state index contributed by atoms with van der Waals surface area (Å²) in [6, 6.07) is 1.92. The zero-order valence-corrected chi connectivity index (χ0v) is 15.9. The Bertz CT molecular complexity index is 659. The van der Waals surface area contributed by atoms with Gasteiger partial charge in [0.2, 0.25) is 0 Å². The van der Waals surface area contributed by atoms with Crippen molar-refractivity contribution in [3.8, 4) is 0 Å². The van der Waals surface area contributed by atoms with Crippen molar-refractivity contribution in [3.63, 3.8) is 0 Å². The van der Waals surface area contributed by atoms with Crippen LogP contribution in [-0.4, -0.2) is 77.0 Å². The van der Waals surface area contributed by atoms with Gasteiger partial charge in [-0.1, -0.05) is 6.92 Å². The van der Waals surface area contributed by atoms with Crippen LogP contribution in [0, 0.1) is 12.8 Å². The standard InChI is InChI=1S/C18H29N5O3/c1-4-6-19-18(25)23-8-9-26-12-14-11-22(7-5-15(14)23)17(24)16-10-13(2)20-21(16)3/h10,14-15H,4-9,11-12H2,1-3H3,(H,19,25)/t14-,15-/m1/s1. The zero-order chi connectivity index (χ0) is 18.7. The maximum absolute atomic E-state index is 12.9. The van der Waals surface area contributed by atoms with Crippen molar-refractivity contribution in [2.75, 3.05) is 39.4 Å². The minimum absolute atomic E-state index is 0.00205. The van der Waals surface area contributed by atoms with E-state index in [1.165, 1.54) is 0 Å². The van der Waals surface area contributed by atoms with Gasteiger partial charge in [0.05, 0.1) is 18.9 Å². The number of nitrogens with zero attached hydrogens (tertiary/aromatic N) is 4. The number of urea groups is 1. The van der Waals surface area contributed by atoms with Crippen LogP contribution in [-0.2, 0) is 11.8 Å². The molecular formula is C18H29N5O3. The fourth-order valence-corrected chi connectivity index (χ4v) is 3.90. The molecule has 3 heterocycles. The Morgan fingerprint density at radius 1 is 1.38 bits per heavy atom. The van der Waals surface area contributed by atoms with Crippen molar-refractivity contribution in [2.45, 2.75) is 32.7 Å². The van der Waals surface area contributed by atoms with E-state index in [4.69, 9.17) is 4.74 Å². The number of piperidine rings is 1. The summed E-state index contributed by atoms with van der Waals surface area (Å²) in [4.78, 5) is 29.2. The molecule has 1 aromatic rings. The smallest absolute Gasteiger partial charge is 0.317 e. The van der Waals surface area contributed by atoms with E-state index in [-0.39, 0.29) is 23.9 Å². The van der Waals surface area contributed by atoms with Gasteiger partial charge in [0.1, 0.15) is 5.69 Å². The van der Waals surface area contributed by atoms with E-state index < -0.39 is 0 Å². The van der Waals surface area contributed by atoms with Gasteiger partial charge in [0.15, 0.2) is 0 Å². The van der Waals surface area contributed by atoms with E-state index >= 15 is 0 Å². The van der Waals surface area contributed by atoms with Gasteiger partial charge >= 0.3 is 6.03 Å². The van der Waals surface area contributed by atoms with Crippen LogP contribution >= 0.6 is 0 Å². The Kier molecular flexibility index (Phi) is 5.80. The van der Waals surface area contributed by atoms with Crippen LogP contribution in [0.4, 0.5) is 4.79 Å². The highest BCUT2D eigenvalue weighted by molar-refractivity contribution is 5.92. The SMILES string of the molecule is CCCNC(=O)N1CCOC[C@H]2CN(C(=O)c3cc(C)nn3C)CC[C@H]21. The molecule has 0 unspecified atom stereocenters. The number of aryl methyl sites for hydroxylation is 2. The van der Waals surface area contributed by atoms with Crippen molar-refractivity contribution in [1.29, 1.82) is 0 Å². The number of nitrogens with one attached hydrogen (secondary N) is 1. The number of likely N-dealkylation sites (tertiary alicyclic amines) is 1. The van der Waals surface area contributed by atoms with Crippen LogP contribution in [0.15, 0.2) is 6.07 Å². The first-order valence-corrected chi connectivity index (χ1v) is 9.43. The minimum atomic E-state index is -0.0191. The number of ether oxygens (including phenoxy) is 1. The first kappa shape index (κ1) is 18.7. The van der Waals surface area contributed by atoms with Gasteiger partial charge in [0.25, 0.3) is 5.91 Å². The molecule has 2 aliphatic heterocycles. The molecule has 144 valence electrons. The summed E-state index contributed by atoms with van der Waals surface area (Å²) in [5, 5.41) is 7.24. The second-order valence-corrected chi connectivity index (χ2v) is 7.16. The van der Waals surface area contributed by atoms with Crippen molar-refractivity contribution < 1.29 is 14.3 Å². The molecule has 8 heteroatoms. The molecule has 26 heavy (non-hydrogen) atoms. The lowest BCUT2D eigenvalue weighted by molar-refractivity contribution is 0.0423. The highest BCUT2D eigenvalue weighted by Gasteiger charge is 2.39. The summed E-state index contributed by atoms with van der Waals surface area (Å²) in [7, 11) is 1.79. The summed E-state index contributed by atoms with van der Waals surface area (Å²) in [5.41, 5.74) is 1.44. The summed E-state index contributed by atoms with van der Waals surface area (Å²) >= 11 is 0. The lowest BCUT2D eigenvalue weighted by Gasteiger charge is -2.41. The number of carbonyl (C=O) groups is 2. The minimum Gasteiger partial charge on any atom is -0.379 e. The molecule has 2 fully saturated rings. The number of carbonyl (C=O) groups excluding carboxylic acids is 2. The van der Waals surface area contributed by atoms with Gasteiger partial charge < -0.3 is 19.9 Å². The molecule has 0 aromatic carbocycles. The molecule has 0 aliphatic carbocycles. The van der Waals surface area contributed by atoms with E-state index in [0.29, 0.717) is 45.1 Å². The first-order valence-electron chi connectivity index (χ1n) is 9.43. The lowest BCUT2D eigenvalue weighted by Crippen LogP contribution is -2.56. The van der Waals surface area contributed by atoms with Crippen LogP contribution in [0.2, 0.25) is 0 Å². The van der Waals surface area contributed by atoms with E-state index in [1.54, 1.807) is 11.7 Å². The molecule has 0 spiro atoms. The van der Waals surface area contributed by atoms with E-state index in [1.807, 2.05) is 29.7 Å². The van der Waals surface area contributed by atoms with Crippen LogP contribution in [0.3, 0.4) is 0 Å². The number of aromatic nitrogens is 2. The van der Waals surface area contributed by atoms with Crippen LogP contribution < -0.4 is 5.32 Å². The Morgan fingerprint density at radius 3 is 2.88 bits per heavy atom. The highest BCUT2D eigenvalue weighted by atomic mass is 16.5. The Balaban J connectivity index is 1.70. The number of rotatable bonds is 3. The predicted molar refractivity (Wildman–Crippen MR) is 97.0 cm³/mol. The summed E-state index contributed by atoms with van der Waals surface area (Å²) in [6.07, 6.45) is 1.69. The van der Waals surface area contributed by atoms with Crippen molar-refractivity contribution >= 4 is 11.9 Å². The van der Waals surface area contributed by atoms with Gasteiger partial charge in [-0.3, -0.25) is 9.48 Å². The maximum atomic E-state index is 12.9. The summed E-state index contributed by atoms with van der Waals surface area (Å²) < 4.78 is 7.37. The molecule has 0 radical (unpaired) electrons. The first-order chi connectivity index (χ1) is 12.5.